The number of nitrogens with zero attached hydrogens (tertiary/aromatic N) is 3. The highest BCUT2D eigenvalue weighted by atomic mass is 16.3. The van der Waals surface area contributed by atoms with Crippen LogP contribution in [0.25, 0.3) is 0 Å². The van der Waals surface area contributed by atoms with Crippen LogP contribution in [-0.2, 0) is 0 Å². The lowest BCUT2D eigenvalue weighted by atomic mass is 9.82. The lowest BCUT2D eigenvalue weighted by Gasteiger charge is -2.35. The molecule has 0 saturated heterocycles. The fourth-order valence-electron chi connectivity index (χ4n) is 2.65. The fraction of sp³-hybridized carbons (Fsp3) is 0.714. The van der Waals surface area contributed by atoms with Gasteiger partial charge in [0.15, 0.2) is 0 Å². The number of aromatic nitrogens is 2. The third kappa shape index (κ3) is 3.15. The summed E-state index contributed by atoms with van der Waals surface area (Å²) in [5.74, 6) is 3.28. The summed E-state index contributed by atoms with van der Waals surface area (Å²) in [6.07, 6.45) is 1.73. The van der Waals surface area contributed by atoms with Crippen LogP contribution < -0.4 is 10.2 Å². The molecule has 0 aromatic carbocycles. The maximum atomic E-state index is 9.36. The zero-order valence-electron chi connectivity index (χ0n) is 12.3. The van der Waals surface area contributed by atoms with E-state index in [4.69, 9.17) is 0 Å². The number of nitrogens with one attached hydrogen (secondary N) is 1. The molecular weight excluding hydrogens is 240 g/mol. The van der Waals surface area contributed by atoms with Gasteiger partial charge < -0.3 is 15.3 Å². The van der Waals surface area contributed by atoms with Crippen molar-refractivity contribution in [3.8, 4) is 0 Å². The second-order valence-electron chi connectivity index (χ2n) is 5.47. The molecule has 0 radical (unpaired) electrons. The van der Waals surface area contributed by atoms with Crippen LogP contribution in [0.2, 0.25) is 0 Å². The van der Waals surface area contributed by atoms with Crippen LogP contribution in [0.1, 0.15) is 31.2 Å². The Morgan fingerprint density at radius 3 is 2.58 bits per heavy atom. The highest BCUT2D eigenvalue weighted by Gasteiger charge is 2.28. The van der Waals surface area contributed by atoms with Gasteiger partial charge in [-0.2, -0.15) is 0 Å². The summed E-state index contributed by atoms with van der Waals surface area (Å²) in [4.78, 5) is 11.2. The van der Waals surface area contributed by atoms with E-state index in [-0.39, 0.29) is 6.10 Å². The first-order valence-corrected chi connectivity index (χ1v) is 6.99. The zero-order valence-corrected chi connectivity index (χ0v) is 12.3. The normalized spacial score (nSPS) is 21.9. The minimum atomic E-state index is -0.0936. The van der Waals surface area contributed by atoms with Gasteiger partial charge in [0.05, 0.1) is 6.10 Å². The summed E-state index contributed by atoms with van der Waals surface area (Å²) in [6, 6.07) is 0. The Bertz CT molecular complexity index is 443. The van der Waals surface area contributed by atoms with Crippen molar-refractivity contribution in [2.75, 3.05) is 30.4 Å². The number of rotatable bonds is 5. The highest BCUT2D eigenvalue weighted by Crippen LogP contribution is 2.30. The quantitative estimate of drug-likeness (QED) is 0.848. The van der Waals surface area contributed by atoms with Gasteiger partial charge in [-0.1, -0.05) is 0 Å². The predicted octanol–water partition coefficient (Wildman–Crippen LogP) is 1.73. The Kier molecular flexibility index (Phi) is 4.24. The average Bonchev–Trinajstić information content (AvgIpc) is 2.31. The van der Waals surface area contributed by atoms with Crippen LogP contribution in [0.3, 0.4) is 0 Å². The van der Waals surface area contributed by atoms with E-state index in [1.165, 1.54) is 0 Å². The van der Waals surface area contributed by atoms with Gasteiger partial charge >= 0.3 is 0 Å². The lowest BCUT2D eigenvalue weighted by Crippen LogP contribution is -2.37. The molecule has 106 valence electrons. The molecule has 2 rings (SSSR count). The van der Waals surface area contributed by atoms with Crippen LogP contribution in [-0.4, -0.2) is 41.3 Å². The van der Waals surface area contributed by atoms with E-state index in [1.54, 1.807) is 0 Å². The monoisotopic (exact) mass is 264 g/mol. The largest absolute Gasteiger partial charge is 0.393 e. The predicted molar refractivity (Wildman–Crippen MR) is 77.7 cm³/mol. The Hall–Kier alpha value is -1.36. The summed E-state index contributed by atoms with van der Waals surface area (Å²) < 4.78 is 0. The number of anilines is 2. The molecule has 1 fully saturated rings. The molecule has 2 N–H and O–H groups in total. The molecule has 0 spiro atoms. The van der Waals surface area contributed by atoms with Crippen molar-refractivity contribution >= 4 is 11.6 Å². The van der Waals surface area contributed by atoms with Crippen molar-refractivity contribution in [1.29, 1.82) is 0 Å². The van der Waals surface area contributed by atoms with Crippen molar-refractivity contribution < 1.29 is 5.11 Å². The van der Waals surface area contributed by atoms with Crippen molar-refractivity contribution in [1.82, 2.24) is 9.97 Å². The molecule has 0 bridgehead atoms. The Labute approximate surface area is 115 Å². The molecule has 1 saturated carbocycles. The van der Waals surface area contributed by atoms with Gasteiger partial charge in [0.2, 0.25) is 0 Å². The first kappa shape index (κ1) is 14.1. The topological polar surface area (TPSA) is 61.3 Å². The molecule has 1 aliphatic carbocycles. The van der Waals surface area contributed by atoms with Crippen molar-refractivity contribution in [2.45, 2.75) is 39.7 Å². The van der Waals surface area contributed by atoms with Gasteiger partial charge in [-0.25, -0.2) is 9.97 Å². The summed E-state index contributed by atoms with van der Waals surface area (Å²) in [7, 11) is 2.06. The number of aryl methyl sites for hydroxylation is 1. The van der Waals surface area contributed by atoms with E-state index >= 15 is 0 Å². The number of hydrogen-bond acceptors (Lipinski definition) is 5. The molecule has 1 heterocycles. The number of aliphatic hydroxyl groups excluding tert-OH is 1. The number of hydrogen-bond donors (Lipinski definition) is 2. The third-order valence-electron chi connectivity index (χ3n) is 3.68. The van der Waals surface area contributed by atoms with Crippen LogP contribution >= 0.6 is 0 Å². The van der Waals surface area contributed by atoms with Gasteiger partial charge in [-0.3, -0.25) is 0 Å². The van der Waals surface area contributed by atoms with Gasteiger partial charge in [-0.15, -0.1) is 0 Å². The fourth-order valence-corrected chi connectivity index (χ4v) is 2.65. The minimum absolute atomic E-state index is 0.0936. The Morgan fingerprint density at radius 1 is 1.32 bits per heavy atom. The first-order chi connectivity index (χ1) is 9.01. The second-order valence-corrected chi connectivity index (χ2v) is 5.47. The van der Waals surface area contributed by atoms with Crippen LogP contribution in [0, 0.1) is 19.8 Å². The molecule has 19 heavy (non-hydrogen) atoms. The second kappa shape index (κ2) is 5.74. The maximum absolute atomic E-state index is 9.36. The van der Waals surface area contributed by atoms with Crippen molar-refractivity contribution in [2.24, 2.45) is 5.92 Å². The molecule has 5 heteroatoms. The van der Waals surface area contributed by atoms with Gasteiger partial charge in [0.25, 0.3) is 0 Å². The molecule has 0 unspecified atom stereocenters. The molecule has 0 aliphatic heterocycles. The van der Waals surface area contributed by atoms with Gasteiger partial charge in [-0.05, 0) is 39.5 Å². The SMILES string of the molecule is CCNc1nc(C)nc(N(C)CC2CC(O)C2)c1C. The average molecular weight is 264 g/mol. The van der Waals surface area contributed by atoms with E-state index < -0.39 is 0 Å². The van der Waals surface area contributed by atoms with Gasteiger partial charge in [0, 0.05) is 25.7 Å². The smallest absolute Gasteiger partial charge is 0.137 e. The standard InChI is InChI=1S/C14H24N4O/c1-5-15-13-9(2)14(17-10(3)16-13)18(4)8-11-6-12(19)7-11/h11-12,19H,5-8H2,1-4H3,(H,15,16,17). The van der Waals surface area contributed by atoms with Gasteiger partial charge in [0.1, 0.15) is 17.5 Å². The highest BCUT2D eigenvalue weighted by molar-refractivity contribution is 5.58. The molecule has 0 atom stereocenters. The van der Waals surface area contributed by atoms with E-state index in [2.05, 4.69) is 41.1 Å². The van der Waals surface area contributed by atoms with E-state index in [0.717, 1.165) is 49.0 Å². The third-order valence-corrected chi connectivity index (χ3v) is 3.68. The summed E-state index contributed by atoms with van der Waals surface area (Å²) in [5.41, 5.74) is 1.09. The van der Waals surface area contributed by atoms with Crippen LogP contribution in [0.5, 0.6) is 0 Å². The minimum Gasteiger partial charge on any atom is -0.393 e. The van der Waals surface area contributed by atoms with E-state index in [1.807, 2.05) is 6.92 Å². The molecular formula is C14H24N4O. The molecule has 5 nitrogen and oxygen atoms in total. The Balaban J connectivity index is 2.13. The molecule has 1 aliphatic rings. The van der Waals surface area contributed by atoms with E-state index in [9.17, 15) is 5.11 Å². The summed E-state index contributed by atoms with van der Waals surface area (Å²) in [6.45, 7) is 7.84. The zero-order chi connectivity index (χ0) is 14.0. The van der Waals surface area contributed by atoms with Crippen molar-refractivity contribution in [3.63, 3.8) is 0 Å². The Morgan fingerprint density at radius 2 is 2.00 bits per heavy atom. The first-order valence-electron chi connectivity index (χ1n) is 6.99. The maximum Gasteiger partial charge on any atom is 0.137 e. The summed E-state index contributed by atoms with van der Waals surface area (Å²) >= 11 is 0. The van der Waals surface area contributed by atoms with Crippen molar-refractivity contribution in [3.05, 3.63) is 11.4 Å². The van der Waals surface area contributed by atoms with Crippen LogP contribution in [0.4, 0.5) is 11.6 Å². The molecule has 1 aromatic heterocycles. The van der Waals surface area contributed by atoms with Crippen LogP contribution in [0.15, 0.2) is 0 Å². The molecule has 1 aromatic rings. The van der Waals surface area contributed by atoms with E-state index in [0.29, 0.717) is 5.92 Å². The summed E-state index contributed by atoms with van der Waals surface area (Å²) in [5, 5.41) is 12.6. The number of aliphatic hydroxyl groups is 1. The molecule has 0 amide bonds. The lowest BCUT2D eigenvalue weighted by molar-refractivity contribution is 0.0464.